The van der Waals surface area contributed by atoms with Crippen LogP contribution in [0.2, 0.25) is 0 Å². The summed E-state index contributed by atoms with van der Waals surface area (Å²) in [6.07, 6.45) is 2.69. The van der Waals surface area contributed by atoms with Gasteiger partial charge in [0.15, 0.2) is 0 Å². The van der Waals surface area contributed by atoms with Crippen molar-refractivity contribution >= 4 is 28.7 Å². The van der Waals surface area contributed by atoms with Gasteiger partial charge in [-0.05, 0) is 18.7 Å². The molecular formula is C13H15N3O2S. The van der Waals surface area contributed by atoms with E-state index in [0.717, 1.165) is 28.0 Å². The minimum Gasteiger partial charge on any atom is -0.350 e. The molecule has 2 aromatic rings. The lowest BCUT2D eigenvalue weighted by Gasteiger charge is -2.20. The Morgan fingerprint density at radius 3 is 2.95 bits per heavy atom. The van der Waals surface area contributed by atoms with E-state index in [1.165, 1.54) is 0 Å². The first-order valence-electron chi connectivity index (χ1n) is 6.07. The fourth-order valence-corrected chi connectivity index (χ4v) is 3.71. The van der Waals surface area contributed by atoms with Crippen LogP contribution in [0.25, 0.3) is 10.9 Å². The van der Waals surface area contributed by atoms with E-state index in [9.17, 15) is 10.0 Å². The number of urea groups is 1. The third-order valence-electron chi connectivity index (χ3n) is 3.63. The van der Waals surface area contributed by atoms with Crippen LogP contribution >= 0.6 is 11.8 Å². The van der Waals surface area contributed by atoms with Crippen molar-refractivity contribution in [2.24, 2.45) is 5.73 Å². The fraction of sp³-hybridized carbons (Fsp3) is 0.308. The van der Waals surface area contributed by atoms with Crippen LogP contribution < -0.4 is 5.73 Å². The Morgan fingerprint density at radius 1 is 1.53 bits per heavy atom. The summed E-state index contributed by atoms with van der Waals surface area (Å²) in [6, 6.07) is 6.96. The normalized spacial score (nSPS) is 17.7. The van der Waals surface area contributed by atoms with Crippen LogP contribution in [0.4, 0.5) is 4.79 Å². The minimum absolute atomic E-state index is 0.354. The number of hydrogen-bond acceptors (Lipinski definition) is 3. The average molecular weight is 277 g/mol. The van der Waals surface area contributed by atoms with Crippen molar-refractivity contribution in [3.63, 3.8) is 0 Å². The summed E-state index contributed by atoms with van der Waals surface area (Å²) < 4.78 is 2.16. The van der Waals surface area contributed by atoms with Gasteiger partial charge in [0.1, 0.15) is 6.04 Å². The standard InChI is InChI=1S/C13H15N3O2S/c1-19-12-8-4-2-3-5-9(8)15-7-6-10(11(12)15)16(18)13(14)17/h2-5,10,18H,6-7H2,1H3,(H2,14,17). The lowest BCUT2D eigenvalue weighted by atomic mass is 10.1. The van der Waals surface area contributed by atoms with E-state index in [2.05, 4.69) is 16.7 Å². The summed E-state index contributed by atoms with van der Waals surface area (Å²) in [7, 11) is 0. The van der Waals surface area contributed by atoms with Gasteiger partial charge in [0, 0.05) is 22.3 Å². The Morgan fingerprint density at radius 2 is 2.26 bits per heavy atom. The maximum atomic E-state index is 11.2. The first kappa shape index (κ1) is 12.4. The molecule has 1 aliphatic heterocycles. The topological polar surface area (TPSA) is 71.5 Å². The molecule has 0 spiro atoms. The van der Waals surface area contributed by atoms with Gasteiger partial charge in [-0.1, -0.05) is 18.2 Å². The van der Waals surface area contributed by atoms with Crippen LogP contribution in [0.15, 0.2) is 29.2 Å². The molecule has 1 atom stereocenters. The molecule has 0 fully saturated rings. The second-order valence-electron chi connectivity index (χ2n) is 4.57. The van der Waals surface area contributed by atoms with Gasteiger partial charge in [0.2, 0.25) is 0 Å². The third kappa shape index (κ3) is 1.71. The number of rotatable bonds is 2. The Kier molecular flexibility index (Phi) is 2.91. The largest absolute Gasteiger partial charge is 0.350 e. The summed E-state index contributed by atoms with van der Waals surface area (Å²) in [4.78, 5) is 12.3. The fourth-order valence-electron chi connectivity index (χ4n) is 2.86. The van der Waals surface area contributed by atoms with E-state index in [1.54, 1.807) is 11.8 Å². The summed E-state index contributed by atoms with van der Waals surface area (Å²) >= 11 is 1.63. The van der Waals surface area contributed by atoms with E-state index in [4.69, 9.17) is 5.73 Å². The molecule has 6 heteroatoms. The predicted molar refractivity (Wildman–Crippen MR) is 74.3 cm³/mol. The van der Waals surface area contributed by atoms with Crippen molar-refractivity contribution < 1.29 is 10.0 Å². The number of nitrogens with two attached hydrogens (primary N) is 1. The van der Waals surface area contributed by atoms with Crippen LogP contribution in [-0.2, 0) is 6.54 Å². The van der Waals surface area contributed by atoms with Crippen molar-refractivity contribution in [1.82, 2.24) is 9.63 Å². The summed E-state index contributed by atoms with van der Waals surface area (Å²) in [5, 5.41) is 11.7. The summed E-state index contributed by atoms with van der Waals surface area (Å²) in [5.41, 5.74) is 7.30. The number of fused-ring (bicyclic) bond motifs is 3. The maximum Gasteiger partial charge on any atom is 0.339 e. The monoisotopic (exact) mass is 277 g/mol. The van der Waals surface area contributed by atoms with Gasteiger partial charge < -0.3 is 10.3 Å². The van der Waals surface area contributed by atoms with E-state index in [-0.39, 0.29) is 6.04 Å². The molecular weight excluding hydrogens is 262 g/mol. The zero-order valence-electron chi connectivity index (χ0n) is 10.5. The molecule has 1 unspecified atom stereocenters. The highest BCUT2D eigenvalue weighted by Gasteiger charge is 2.34. The highest BCUT2D eigenvalue weighted by atomic mass is 32.2. The SMILES string of the molecule is CSc1c2n(c3ccccc13)CCC2N(O)C(N)=O. The molecule has 0 aliphatic carbocycles. The van der Waals surface area contributed by atoms with Crippen LogP contribution in [-0.4, -0.2) is 27.1 Å². The van der Waals surface area contributed by atoms with Gasteiger partial charge in [-0.15, -0.1) is 11.8 Å². The molecule has 0 radical (unpaired) electrons. The van der Waals surface area contributed by atoms with Gasteiger partial charge >= 0.3 is 6.03 Å². The molecule has 2 heterocycles. The molecule has 1 aromatic carbocycles. The smallest absolute Gasteiger partial charge is 0.339 e. The maximum absolute atomic E-state index is 11.2. The molecule has 3 N–H and O–H groups in total. The number of amides is 2. The highest BCUT2D eigenvalue weighted by Crippen LogP contribution is 2.43. The van der Waals surface area contributed by atoms with Crippen LogP contribution in [0.3, 0.4) is 0 Å². The average Bonchev–Trinajstić information content (AvgIpc) is 2.95. The van der Waals surface area contributed by atoms with Crippen LogP contribution in [0.5, 0.6) is 0 Å². The quantitative estimate of drug-likeness (QED) is 0.503. The van der Waals surface area contributed by atoms with Gasteiger partial charge in [-0.2, -0.15) is 5.06 Å². The zero-order chi connectivity index (χ0) is 13.6. The number of nitrogens with zero attached hydrogens (tertiary/aromatic N) is 2. The van der Waals surface area contributed by atoms with Crippen molar-refractivity contribution in [3.8, 4) is 0 Å². The number of carbonyl (C=O) groups excluding carboxylic acids is 1. The first-order valence-corrected chi connectivity index (χ1v) is 7.30. The number of aromatic nitrogens is 1. The van der Waals surface area contributed by atoms with E-state index in [1.807, 2.05) is 18.4 Å². The first-order chi connectivity index (χ1) is 9.15. The van der Waals surface area contributed by atoms with Crippen LogP contribution in [0, 0.1) is 0 Å². The van der Waals surface area contributed by atoms with Crippen molar-refractivity contribution in [2.45, 2.75) is 23.9 Å². The highest BCUT2D eigenvalue weighted by molar-refractivity contribution is 7.98. The Bertz CT molecular complexity index is 638. The van der Waals surface area contributed by atoms with Gasteiger partial charge in [0.25, 0.3) is 0 Å². The van der Waals surface area contributed by atoms with Gasteiger partial charge in [-0.3, -0.25) is 5.21 Å². The number of para-hydroxylation sites is 1. The van der Waals surface area contributed by atoms with Gasteiger partial charge in [-0.25, -0.2) is 4.79 Å². The molecule has 1 aliphatic rings. The minimum atomic E-state index is -0.809. The summed E-state index contributed by atoms with van der Waals surface area (Å²) in [6.45, 7) is 0.783. The second kappa shape index (κ2) is 4.47. The lowest BCUT2D eigenvalue weighted by Crippen LogP contribution is -2.35. The molecule has 19 heavy (non-hydrogen) atoms. The van der Waals surface area contributed by atoms with E-state index >= 15 is 0 Å². The van der Waals surface area contributed by atoms with Crippen LogP contribution in [0.1, 0.15) is 18.2 Å². The predicted octanol–water partition coefficient (Wildman–Crippen LogP) is 2.58. The lowest BCUT2D eigenvalue weighted by molar-refractivity contribution is -0.0764. The Balaban J connectivity index is 2.21. The molecule has 0 saturated carbocycles. The molecule has 100 valence electrons. The third-order valence-corrected chi connectivity index (χ3v) is 4.47. The second-order valence-corrected chi connectivity index (χ2v) is 5.39. The van der Waals surface area contributed by atoms with Crippen molar-refractivity contribution in [1.29, 1.82) is 0 Å². The molecule has 0 saturated heterocycles. The number of hydrogen-bond donors (Lipinski definition) is 2. The van der Waals surface area contributed by atoms with E-state index < -0.39 is 6.03 Å². The molecule has 3 rings (SSSR count). The zero-order valence-corrected chi connectivity index (χ0v) is 11.4. The van der Waals surface area contributed by atoms with Crippen molar-refractivity contribution in [2.75, 3.05) is 6.26 Å². The Hall–Kier alpha value is -1.66. The summed E-state index contributed by atoms with van der Waals surface area (Å²) in [5.74, 6) is 0. The number of carbonyl (C=O) groups is 1. The number of hydroxylamine groups is 2. The molecule has 1 aromatic heterocycles. The number of aryl methyl sites for hydroxylation is 1. The van der Waals surface area contributed by atoms with Gasteiger partial charge in [0.05, 0.1) is 5.69 Å². The molecule has 0 bridgehead atoms. The number of thioether (sulfide) groups is 1. The number of primary amides is 1. The molecule has 2 amide bonds. The van der Waals surface area contributed by atoms with Crippen molar-refractivity contribution in [3.05, 3.63) is 30.0 Å². The number of benzene rings is 1. The Labute approximate surface area is 114 Å². The molecule has 5 nitrogen and oxygen atoms in total. The van der Waals surface area contributed by atoms with E-state index in [0.29, 0.717) is 11.5 Å².